The van der Waals surface area contributed by atoms with Crippen molar-refractivity contribution in [3.05, 3.63) is 86.8 Å². The van der Waals surface area contributed by atoms with E-state index in [9.17, 15) is 26.7 Å². The predicted molar refractivity (Wildman–Crippen MR) is 120 cm³/mol. The van der Waals surface area contributed by atoms with Crippen molar-refractivity contribution in [3.63, 3.8) is 0 Å². The van der Waals surface area contributed by atoms with Gasteiger partial charge in [-0.3, -0.25) is 9.48 Å². The first-order valence-electron chi connectivity index (χ1n) is 9.90. The largest absolute Gasteiger partial charge is 0.433 e. The first kappa shape index (κ1) is 23.8. The number of amides is 1. The second-order valence-corrected chi connectivity index (χ2v) is 8.57. The maximum absolute atomic E-state index is 13.5. The molecular formula is C23H16BrF5N4O. The van der Waals surface area contributed by atoms with Crippen molar-refractivity contribution in [1.29, 1.82) is 0 Å². The van der Waals surface area contributed by atoms with Gasteiger partial charge in [-0.25, -0.2) is 13.8 Å². The summed E-state index contributed by atoms with van der Waals surface area (Å²) in [6.45, 7) is 3.27. The highest BCUT2D eigenvalue weighted by Gasteiger charge is 2.34. The van der Waals surface area contributed by atoms with E-state index in [-0.39, 0.29) is 28.7 Å². The Bertz CT molecular complexity index is 1410. The van der Waals surface area contributed by atoms with Gasteiger partial charge in [0.25, 0.3) is 5.91 Å². The molecule has 4 rings (SSSR count). The van der Waals surface area contributed by atoms with E-state index in [1.807, 2.05) is 0 Å². The van der Waals surface area contributed by atoms with E-state index in [1.165, 1.54) is 22.9 Å². The van der Waals surface area contributed by atoms with Gasteiger partial charge in [0.15, 0.2) is 0 Å². The summed E-state index contributed by atoms with van der Waals surface area (Å²) in [5.41, 5.74) is 0.0724. The Hall–Kier alpha value is -3.34. The molecule has 0 aliphatic rings. The molecule has 0 aliphatic carbocycles. The standard InChI is InChI=1S/C23H16BrF5N4O/c1-11-21(12(2)33(32-11)10-13-5-15(25)8-16(26)6-13)31-22(34)18-9-20(23(27,28)29)30-19-4-3-14(24)7-17(18)19/h3-9H,10H2,1-2H3,(H,31,34). The Labute approximate surface area is 198 Å². The lowest BCUT2D eigenvalue weighted by Crippen LogP contribution is -2.17. The summed E-state index contributed by atoms with van der Waals surface area (Å²) in [4.78, 5) is 16.8. The average molecular weight is 539 g/mol. The highest BCUT2D eigenvalue weighted by atomic mass is 79.9. The second-order valence-electron chi connectivity index (χ2n) is 7.65. The number of aromatic nitrogens is 3. The third-order valence-corrected chi connectivity index (χ3v) is 5.67. The molecule has 0 fully saturated rings. The Morgan fingerprint density at radius 3 is 2.38 bits per heavy atom. The molecule has 0 atom stereocenters. The van der Waals surface area contributed by atoms with Gasteiger partial charge in [-0.05, 0) is 55.8 Å². The minimum atomic E-state index is -4.74. The van der Waals surface area contributed by atoms with Gasteiger partial charge in [-0.1, -0.05) is 15.9 Å². The zero-order chi connectivity index (χ0) is 24.8. The summed E-state index contributed by atoms with van der Waals surface area (Å²) in [5, 5.41) is 7.17. The third kappa shape index (κ3) is 4.79. The Balaban J connectivity index is 1.71. The summed E-state index contributed by atoms with van der Waals surface area (Å²) in [7, 11) is 0. The van der Waals surface area contributed by atoms with Crippen molar-refractivity contribution in [2.75, 3.05) is 5.32 Å². The van der Waals surface area contributed by atoms with Crippen molar-refractivity contribution in [1.82, 2.24) is 14.8 Å². The number of aryl methyl sites for hydroxylation is 1. The minimum absolute atomic E-state index is 0.0143. The van der Waals surface area contributed by atoms with Gasteiger partial charge in [-0.15, -0.1) is 0 Å². The number of alkyl halides is 3. The number of carbonyl (C=O) groups is 1. The molecule has 176 valence electrons. The number of nitrogens with zero attached hydrogens (tertiary/aromatic N) is 3. The highest BCUT2D eigenvalue weighted by molar-refractivity contribution is 9.10. The first-order valence-corrected chi connectivity index (χ1v) is 10.7. The highest BCUT2D eigenvalue weighted by Crippen LogP contribution is 2.32. The molecule has 0 aliphatic heterocycles. The van der Waals surface area contributed by atoms with E-state index < -0.39 is 29.4 Å². The minimum Gasteiger partial charge on any atom is -0.319 e. The lowest BCUT2D eigenvalue weighted by molar-refractivity contribution is -0.140. The van der Waals surface area contributed by atoms with Crippen LogP contribution in [0, 0.1) is 25.5 Å². The summed E-state index contributed by atoms with van der Waals surface area (Å²) >= 11 is 3.26. The van der Waals surface area contributed by atoms with Crippen LogP contribution in [0.4, 0.5) is 27.6 Å². The molecule has 1 amide bonds. The van der Waals surface area contributed by atoms with E-state index in [2.05, 4.69) is 31.3 Å². The quantitative estimate of drug-likeness (QED) is 0.305. The third-order valence-electron chi connectivity index (χ3n) is 5.18. The molecule has 11 heteroatoms. The molecule has 5 nitrogen and oxygen atoms in total. The van der Waals surface area contributed by atoms with Crippen LogP contribution in [0.5, 0.6) is 0 Å². The van der Waals surface area contributed by atoms with Crippen LogP contribution in [0.15, 0.2) is 46.9 Å². The molecule has 2 aromatic heterocycles. The molecule has 0 bridgehead atoms. The molecular weight excluding hydrogens is 523 g/mol. The molecule has 0 radical (unpaired) electrons. The summed E-state index contributed by atoms with van der Waals surface area (Å²) in [6.07, 6.45) is -4.74. The fourth-order valence-electron chi connectivity index (χ4n) is 3.62. The number of hydrogen-bond acceptors (Lipinski definition) is 3. The fraction of sp³-hybridized carbons (Fsp3) is 0.174. The van der Waals surface area contributed by atoms with Gasteiger partial charge in [0.2, 0.25) is 0 Å². The number of halogens is 6. The number of fused-ring (bicyclic) bond motifs is 1. The monoisotopic (exact) mass is 538 g/mol. The van der Waals surface area contributed by atoms with E-state index in [4.69, 9.17) is 0 Å². The molecule has 2 heterocycles. The normalized spacial score (nSPS) is 11.8. The van der Waals surface area contributed by atoms with Crippen molar-refractivity contribution in [3.8, 4) is 0 Å². The number of rotatable bonds is 4. The number of hydrogen-bond donors (Lipinski definition) is 1. The lowest BCUT2D eigenvalue weighted by Gasteiger charge is -2.13. The molecule has 0 unspecified atom stereocenters. The topological polar surface area (TPSA) is 59.8 Å². The maximum atomic E-state index is 13.5. The Morgan fingerprint density at radius 1 is 1.06 bits per heavy atom. The smallest absolute Gasteiger partial charge is 0.319 e. The Morgan fingerprint density at radius 2 is 1.74 bits per heavy atom. The van der Waals surface area contributed by atoms with Crippen LogP contribution in [-0.4, -0.2) is 20.7 Å². The van der Waals surface area contributed by atoms with Crippen LogP contribution in [0.2, 0.25) is 0 Å². The van der Waals surface area contributed by atoms with Crippen LogP contribution >= 0.6 is 15.9 Å². The van der Waals surface area contributed by atoms with Crippen LogP contribution < -0.4 is 5.32 Å². The number of carbonyl (C=O) groups excluding carboxylic acids is 1. The van der Waals surface area contributed by atoms with E-state index in [1.54, 1.807) is 13.8 Å². The second kappa shape index (κ2) is 8.79. The summed E-state index contributed by atoms with van der Waals surface area (Å²) in [5.74, 6) is -2.25. The van der Waals surface area contributed by atoms with Crippen molar-refractivity contribution in [2.24, 2.45) is 0 Å². The SMILES string of the molecule is Cc1nn(Cc2cc(F)cc(F)c2)c(C)c1NC(=O)c1cc(C(F)(F)F)nc2ccc(Br)cc12. The molecule has 0 saturated carbocycles. The van der Waals surface area contributed by atoms with Gasteiger partial charge in [0.1, 0.15) is 17.3 Å². The number of nitrogens with one attached hydrogen (secondary N) is 1. The van der Waals surface area contributed by atoms with Crippen molar-refractivity contribution >= 4 is 38.4 Å². The molecule has 2 aromatic carbocycles. The molecule has 4 aromatic rings. The van der Waals surface area contributed by atoms with Gasteiger partial charge in [0, 0.05) is 15.9 Å². The van der Waals surface area contributed by atoms with Gasteiger partial charge >= 0.3 is 6.18 Å². The zero-order valence-electron chi connectivity index (χ0n) is 17.8. The van der Waals surface area contributed by atoms with Gasteiger partial charge in [-0.2, -0.15) is 18.3 Å². The average Bonchev–Trinajstić information content (AvgIpc) is 2.98. The molecule has 0 spiro atoms. The lowest BCUT2D eigenvalue weighted by atomic mass is 10.1. The maximum Gasteiger partial charge on any atom is 0.433 e. The van der Waals surface area contributed by atoms with Gasteiger partial charge in [0.05, 0.1) is 34.7 Å². The van der Waals surface area contributed by atoms with Crippen molar-refractivity contribution in [2.45, 2.75) is 26.6 Å². The van der Waals surface area contributed by atoms with E-state index in [0.29, 0.717) is 27.5 Å². The summed E-state index contributed by atoms with van der Waals surface area (Å²) < 4.78 is 69.3. The van der Waals surface area contributed by atoms with E-state index in [0.717, 1.165) is 18.2 Å². The fourth-order valence-corrected chi connectivity index (χ4v) is 3.98. The first-order chi connectivity index (χ1) is 15.9. The van der Waals surface area contributed by atoms with E-state index >= 15 is 0 Å². The number of benzene rings is 2. The van der Waals surface area contributed by atoms with Crippen molar-refractivity contribution < 1.29 is 26.7 Å². The van der Waals surface area contributed by atoms with Crippen LogP contribution in [0.3, 0.4) is 0 Å². The molecule has 0 saturated heterocycles. The van der Waals surface area contributed by atoms with Crippen LogP contribution in [0.25, 0.3) is 10.9 Å². The number of anilines is 1. The van der Waals surface area contributed by atoms with Crippen LogP contribution in [-0.2, 0) is 12.7 Å². The molecule has 34 heavy (non-hydrogen) atoms. The predicted octanol–water partition coefficient (Wildman–Crippen LogP) is 6.41. The Kier molecular flexibility index (Phi) is 6.15. The van der Waals surface area contributed by atoms with Crippen LogP contribution in [0.1, 0.15) is 33.0 Å². The zero-order valence-corrected chi connectivity index (χ0v) is 19.4. The number of pyridine rings is 1. The van der Waals surface area contributed by atoms with Gasteiger partial charge < -0.3 is 5.32 Å². The summed E-state index contributed by atoms with van der Waals surface area (Å²) in [6, 6.07) is 8.22. The molecule has 1 N–H and O–H groups in total.